The number of hydrogen-bond acceptors (Lipinski definition) is 4. The molecule has 0 saturated carbocycles. The number of morpholine rings is 1. The number of halogens is 1. The number of nitrogens with zero attached hydrogens (tertiary/aromatic N) is 2. The molecule has 0 unspecified atom stereocenters. The molecule has 0 aliphatic carbocycles. The summed E-state index contributed by atoms with van der Waals surface area (Å²) in [6.45, 7) is 6.12. The van der Waals surface area contributed by atoms with E-state index in [9.17, 15) is 0 Å². The van der Waals surface area contributed by atoms with Crippen molar-refractivity contribution in [1.82, 2.24) is 15.5 Å². The summed E-state index contributed by atoms with van der Waals surface area (Å²) in [7, 11) is 3.51. The summed E-state index contributed by atoms with van der Waals surface area (Å²) in [6.07, 6.45) is 0.873. The monoisotopic (exact) mass is 524 g/mol. The molecule has 1 aliphatic rings. The van der Waals surface area contributed by atoms with Gasteiger partial charge in [0.1, 0.15) is 5.75 Å². The molecule has 164 valence electrons. The standard InChI is InChI=1S/C23H32N4O2.HI/c1-24-23(25-12-11-19-7-5-6-10-22(19)28-2)26-17-20-8-3-4-9-21(20)18-27-13-15-29-16-14-27;/h3-10H,11-18H2,1-2H3,(H2,24,25,26);1H. The first kappa shape index (κ1) is 24.4. The minimum atomic E-state index is 0. The normalized spacial score (nSPS) is 14.7. The molecule has 1 heterocycles. The Morgan fingerprint density at radius 2 is 1.67 bits per heavy atom. The number of methoxy groups -OCH3 is 1. The van der Waals surface area contributed by atoms with Crippen molar-refractivity contribution in [2.24, 2.45) is 4.99 Å². The molecule has 0 spiro atoms. The van der Waals surface area contributed by atoms with Crippen LogP contribution in [0.5, 0.6) is 5.75 Å². The minimum Gasteiger partial charge on any atom is -0.496 e. The molecule has 0 atom stereocenters. The van der Waals surface area contributed by atoms with Crippen LogP contribution in [0.3, 0.4) is 0 Å². The van der Waals surface area contributed by atoms with E-state index in [2.05, 4.69) is 50.9 Å². The van der Waals surface area contributed by atoms with E-state index in [4.69, 9.17) is 9.47 Å². The Morgan fingerprint density at radius 1 is 1.00 bits per heavy atom. The minimum absolute atomic E-state index is 0. The number of benzene rings is 2. The van der Waals surface area contributed by atoms with E-state index < -0.39 is 0 Å². The Labute approximate surface area is 197 Å². The zero-order chi connectivity index (χ0) is 20.3. The molecule has 3 rings (SSSR count). The van der Waals surface area contributed by atoms with Crippen LogP contribution in [0.1, 0.15) is 16.7 Å². The van der Waals surface area contributed by atoms with E-state index in [0.717, 1.165) is 64.1 Å². The highest BCUT2D eigenvalue weighted by atomic mass is 127. The summed E-state index contributed by atoms with van der Waals surface area (Å²) in [5.41, 5.74) is 3.84. The number of hydrogen-bond donors (Lipinski definition) is 2. The van der Waals surface area contributed by atoms with Crippen molar-refractivity contribution in [1.29, 1.82) is 0 Å². The van der Waals surface area contributed by atoms with Gasteiger partial charge in [-0.1, -0.05) is 42.5 Å². The third-order valence-corrected chi connectivity index (χ3v) is 5.17. The van der Waals surface area contributed by atoms with E-state index in [-0.39, 0.29) is 24.0 Å². The van der Waals surface area contributed by atoms with Crippen LogP contribution >= 0.6 is 24.0 Å². The van der Waals surface area contributed by atoms with Crippen LogP contribution in [0.4, 0.5) is 0 Å². The van der Waals surface area contributed by atoms with Crippen molar-refractivity contribution in [2.45, 2.75) is 19.5 Å². The van der Waals surface area contributed by atoms with E-state index >= 15 is 0 Å². The van der Waals surface area contributed by atoms with Crippen molar-refractivity contribution in [3.05, 3.63) is 65.2 Å². The third kappa shape index (κ3) is 7.45. The van der Waals surface area contributed by atoms with Gasteiger partial charge in [0.25, 0.3) is 0 Å². The molecule has 2 N–H and O–H groups in total. The van der Waals surface area contributed by atoms with Gasteiger partial charge in [-0.2, -0.15) is 0 Å². The van der Waals surface area contributed by atoms with Crippen molar-refractivity contribution in [3.8, 4) is 5.75 Å². The van der Waals surface area contributed by atoms with Crippen molar-refractivity contribution in [2.75, 3.05) is 47.0 Å². The maximum Gasteiger partial charge on any atom is 0.191 e. The fourth-order valence-electron chi connectivity index (χ4n) is 3.51. The SMILES string of the molecule is CN=C(NCCc1ccccc1OC)NCc1ccccc1CN1CCOCC1.I. The molecule has 2 aromatic rings. The zero-order valence-corrected chi connectivity index (χ0v) is 20.2. The molecular weight excluding hydrogens is 491 g/mol. The lowest BCUT2D eigenvalue weighted by molar-refractivity contribution is 0.0341. The van der Waals surface area contributed by atoms with Gasteiger partial charge in [0.15, 0.2) is 5.96 Å². The molecule has 2 aromatic carbocycles. The lowest BCUT2D eigenvalue weighted by atomic mass is 10.1. The fourth-order valence-corrected chi connectivity index (χ4v) is 3.51. The number of aliphatic imine (C=N–C) groups is 1. The lowest BCUT2D eigenvalue weighted by Crippen LogP contribution is -2.38. The molecule has 1 aliphatic heterocycles. The average molecular weight is 524 g/mol. The number of rotatable bonds is 8. The predicted octanol–water partition coefficient (Wildman–Crippen LogP) is 3.05. The van der Waals surface area contributed by atoms with Crippen LogP contribution in [0.15, 0.2) is 53.5 Å². The Morgan fingerprint density at radius 3 is 2.37 bits per heavy atom. The van der Waals surface area contributed by atoms with Gasteiger partial charge >= 0.3 is 0 Å². The molecule has 6 nitrogen and oxygen atoms in total. The van der Waals surface area contributed by atoms with Crippen LogP contribution in [0.25, 0.3) is 0 Å². The van der Waals surface area contributed by atoms with Gasteiger partial charge in [-0.15, -0.1) is 24.0 Å². The number of guanidine groups is 1. The summed E-state index contributed by atoms with van der Waals surface area (Å²) in [5.74, 6) is 1.73. The molecule has 0 amide bonds. The molecule has 0 bridgehead atoms. The van der Waals surface area contributed by atoms with Crippen LogP contribution in [0.2, 0.25) is 0 Å². The van der Waals surface area contributed by atoms with E-state index in [0.29, 0.717) is 0 Å². The second kappa shape index (κ2) is 13.5. The van der Waals surface area contributed by atoms with Gasteiger partial charge in [0, 0.05) is 39.8 Å². The first-order valence-corrected chi connectivity index (χ1v) is 10.2. The molecule has 1 fully saturated rings. The molecule has 0 aromatic heterocycles. The molecule has 7 heteroatoms. The Hall–Kier alpha value is -1.84. The number of nitrogens with one attached hydrogen (secondary N) is 2. The third-order valence-electron chi connectivity index (χ3n) is 5.17. The fraction of sp³-hybridized carbons (Fsp3) is 0.435. The van der Waals surface area contributed by atoms with Gasteiger partial charge in [-0.3, -0.25) is 9.89 Å². The van der Waals surface area contributed by atoms with Crippen LogP contribution < -0.4 is 15.4 Å². The van der Waals surface area contributed by atoms with E-state index in [1.54, 1.807) is 14.2 Å². The van der Waals surface area contributed by atoms with Crippen LogP contribution in [-0.2, 0) is 24.2 Å². The summed E-state index contributed by atoms with van der Waals surface area (Å²) >= 11 is 0. The predicted molar refractivity (Wildman–Crippen MR) is 133 cm³/mol. The van der Waals surface area contributed by atoms with Gasteiger partial charge in [-0.25, -0.2) is 0 Å². The second-order valence-electron chi connectivity index (χ2n) is 7.07. The first-order valence-electron chi connectivity index (χ1n) is 10.2. The van der Waals surface area contributed by atoms with Crippen LogP contribution in [0, 0.1) is 0 Å². The topological polar surface area (TPSA) is 58.1 Å². The maximum atomic E-state index is 5.46. The number of ether oxygens (including phenoxy) is 2. The zero-order valence-electron chi connectivity index (χ0n) is 17.9. The molecular formula is C23H33IN4O2. The van der Waals surface area contributed by atoms with Gasteiger partial charge in [0.2, 0.25) is 0 Å². The van der Waals surface area contributed by atoms with Gasteiger partial charge in [-0.05, 0) is 29.2 Å². The van der Waals surface area contributed by atoms with Gasteiger partial charge < -0.3 is 20.1 Å². The van der Waals surface area contributed by atoms with Crippen molar-refractivity contribution >= 4 is 29.9 Å². The van der Waals surface area contributed by atoms with E-state index in [1.165, 1.54) is 16.7 Å². The van der Waals surface area contributed by atoms with Crippen molar-refractivity contribution in [3.63, 3.8) is 0 Å². The summed E-state index contributed by atoms with van der Waals surface area (Å²) in [4.78, 5) is 6.81. The smallest absolute Gasteiger partial charge is 0.191 e. The van der Waals surface area contributed by atoms with Crippen molar-refractivity contribution < 1.29 is 9.47 Å². The quantitative estimate of drug-likeness (QED) is 0.316. The lowest BCUT2D eigenvalue weighted by Gasteiger charge is -2.27. The Kier molecular flexibility index (Phi) is 11.0. The Bertz CT molecular complexity index is 794. The molecule has 1 saturated heterocycles. The summed E-state index contributed by atoms with van der Waals surface area (Å²) in [6, 6.07) is 16.7. The molecule has 0 radical (unpaired) electrons. The molecule has 30 heavy (non-hydrogen) atoms. The maximum absolute atomic E-state index is 5.46. The highest BCUT2D eigenvalue weighted by Crippen LogP contribution is 2.17. The first-order chi connectivity index (χ1) is 14.3. The largest absolute Gasteiger partial charge is 0.496 e. The second-order valence-corrected chi connectivity index (χ2v) is 7.07. The summed E-state index contributed by atoms with van der Waals surface area (Å²) < 4.78 is 10.9. The highest BCUT2D eigenvalue weighted by Gasteiger charge is 2.12. The Balaban J connectivity index is 0.00000320. The average Bonchev–Trinajstić information content (AvgIpc) is 2.78. The van der Waals surface area contributed by atoms with E-state index in [1.807, 2.05) is 18.2 Å². The highest BCUT2D eigenvalue weighted by molar-refractivity contribution is 14.0. The van der Waals surface area contributed by atoms with Crippen LogP contribution in [-0.4, -0.2) is 57.9 Å². The summed E-state index contributed by atoms with van der Waals surface area (Å²) in [5, 5.41) is 6.84. The van der Waals surface area contributed by atoms with Gasteiger partial charge in [0.05, 0.1) is 20.3 Å². The number of para-hydroxylation sites is 1.